The highest BCUT2D eigenvalue weighted by atomic mass is 19.4. The molecule has 0 aliphatic carbocycles. The quantitative estimate of drug-likeness (QED) is 0.845. The molecular weight excluding hydrogens is 316 g/mol. The summed E-state index contributed by atoms with van der Waals surface area (Å²) in [5, 5.41) is 8.45. The first-order chi connectivity index (χ1) is 10.7. The molecule has 0 aliphatic heterocycles. The Labute approximate surface area is 129 Å². The van der Waals surface area contributed by atoms with Crippen LogP contribution in [0.15, 0.2) is 36.7 Å². The molecule has 23 heavy (non-hydrogen) atoms. The number of benzene rings is 1. The Morgan fingerprint density at radius 3 is 2.48 bits per heavy atom. The first-order valence-corrected chi connectivity index (χ1v) is 6.61. The molecule has 0 fully saturated rings. The van der Waals surface area contributed by atoms with E-state index in [1.165, 1.54) is 29.2 Å². The molecule has 9 heteroatoms. The number of urea groups is 1. The smallest absolute Gasteiger partial charge is 0.331 e. The molecule has 0 bridgehead atoms. The van der Waals surface area contributed by atoms with Crippen molar-refractivity contribution in [1.29, 1.82) is 0 Å². The normalized spacial score (nSPS) is 12.7. The molecule has 0 radical (unpaired) electrons. The van der Waals surface area contributed by atoms with Gasteiger partial charge in [0.1, 0.15) is 5.82 Å². The van der Waals surface area contributed by atoms with Gasteiger partial charge in [-0.3, -0.25) is 4.68 Å². The molecule has 2 amide bonds. The van der Waals surface area contributed by atoms with Crippen LogP contribution in [0.3, 0.4) is 0 Å². The van der Waals surface area contributed by atoms with E-state index < -0.39 is 30.5 Å². The Hall–Kier alpha value is -2.58. The van der Waals surface area contributed by atoms with Gasteiger partial charge in [0.2, 0.25) is 0 Å². The number of nitrogens with one attached hydrogen (secondary N) is 2. The number of hydrogen-bond acceptors (Lipinski definition) is 2. The van der Waals surface area contributed by atoms with Gasteiger partial charge in [-0.1, -0.05) is 12.1 Å². The highest BCUT2D eigenvalue weighted by Crippen LogP contribution is 2.29. The van der Waals surface area contributed by atoms with Crippen molar-refractivity contribution in [3.05, 3.63) is 48.0 Å². The Bertz CT molecular complexity index is 666. The van der Waals surface area contributed by atoms with Gasteiger partial charge in [-0.15, -0.1) is 0 Å². The molecule has 2 rings (SSSR count). The van der Waals surface area contributed by atoms with Crippen LogP contribution in [-0.4, -0.2) is 22.0 Å². The number of hydrogen-bond donors (Lipinski definition) is 2. The van der Waals surface area contributed by atoms with E-state index in [0.717, 1.165) is 12.1 Å². The largest absolute Gasteiger partial charge is 0.391 e. The molecule has 1 unspecified atom stereocenters. The van der Waals surface area contributed by atoms with Crippen molar-refractivity contribution in [1.82, 2.24) is 15.1 Å². The van der Waals surface area contributed by atoms with Gasteiger partial charge in [0.25, 0.3) is 0 Å². The Balaban J connectivity index is 2.10. The molecule has 124 valence electrons. The van der Waals surface area contributed by atoms with Crippen LogP contribution in [0, 0.1) is 5.82 Å². The van der Waals surface area contributed by atoms with Gasteiger partial charge in [-0.2, -0.15) is 18.3 Å². The van der Waals surface area contributed by atoms with Crippen LogP contribution < -0.4 is 10.6 Å². The minimum atomic E-state index is -4.49. The molecule has 0 spiro atoms. The topological polar surface area (TPSA) is 59.0 Å². The Morgan fingerprint density at radius 2 is 1.96 bits per heavy atom. The number of amides is 2. The van der Waals surface area contributed by atoms with Gasteiger partial charge in [0.05, 0.1) is 24.3 Å². The lowest BCUT2D eigenvalue weighted by atomic mass is 10.0. The third kappa shape index (κ3) is 5.28. The highest BCUT2D eigenvalue weighted by molar-refractivity contribution is 5.89. The standard InChI is InChI=1S/C14H14F4N4O/c1-22-8-11(7-19-22)20-13(23)21-12(6-14(16,17)18)9-2-4-10(15)5-3-9/h2-5,7-8,12H,6H2,1H3,(H2,20,21,23). The number of anilines is 1. The summed E-state index contributed by atoms with van der Waals surface area (Å²) in [6.45, 7) is 0. The molecule has 5 nitrogen and oxygen atoms in total. The van der Waals surface area contributed by atoms with Crippen molar-refractivity contribution in [2.45, 2.75) is 18.6 Å². The fraction of sp³-hybridized carbons (Fsp3) is 0.286. The van der Waals surface area contributed by atoms with E-state index in [0.29, 0.717) is 5.69 Å². The van der Waals surface area contributed by atoms with E-state index in [1.54, 1.807) is 7.05 Å². The third-order valence-electron chi connectivity index (χ3n) is 2.98. The second-order valence-corrected chi connectivity index (χ2v) is 4.92. The van der Waals surface area contributed by atoms with Gasteiger partial charge in [0.15, 0.2) is 0 Å². The molecule has 1 heterocycles. The first-order valence-electron chi connectivity index (χ1n) is 6.61. The summed E-state index contributed by atoms with van der Waals surface area (Å²) < 4.78 is 52.4. The summed E-state index contributed by atoms with van der Waals surface area (Å²) in [5.74, 6) is -0.570. The summed E-state index contributed by atoms with van der Waals surface area (Å²) in [6, 6.07) is 2.36. The number of carbonyl (C=O) groups excluding carboxylic acids is 1. The summed E-state index contributed by atoms with van der Waals surface area (Å²) in [7, 11) is 1.63. The van der Waals surface area contributed by atoms with E-state index in [1.807, 2.05) is 0 Å². The van der Waals surface area contributed by atoms with Crippen LogP contribution >= 0.6 is 0 Å². The summed E-state index contributed by atoms with van der Waals surface area (Å²) in [4.78, 5) is 11.9. The fourth-order valence-corrected chi connectivity index (χ4v) is 1.99. The van der Waals surface area contributed by atoms with Crippen LogP contribution in [0.4, 0.5) is 28.0 Å². The zero-order chi connectivity index (χ0) is 17.0. The molecule has 2 N–H and O–H groups in total. The van der Waals surface area contributed by atoms with E-state index in [4.69, 9.17) is 0 Å². The van der Waals surface area contributed by atoms with Crippen molar-refractivity contribution >= 4 is 11.7 Å². The zero-order valence-corrected chi connectivity index (χ0v) is 12.1. The number of rotatable bonds is 4. The average Bonchev–Trinajstić information content (AvgIpc) is 2.82. The van der Waals surface area contributed by atoms with E-state index in [2.05, 4.69) is 15.7 Å². The summed E-state index contributed by atoms with van der Waals surface area (Å²) in [6.07, 6.45) is -2.90. The van der Waals surface area contributed by atoms with Crippen LogP contribution in [0.2, 0.25) is 0 Å². The molecule has 2 aromatic rings. The lowest BCUT2D eigenvalue weighted by Gasteiger charge is -2.20. The van der Waals surface area contributed by atoms with Crippen molar-refractivity contribution in [2.24, 2.45) is 7.05 Å². The number of carbonyl (C=O) groups is 1. The Morgan fingerprint density at radius 1 is 1.30 bits per heavy atom. The lowest BCUT2D eigenvalue weighted by molar-refractivity contribution is -0.139. The molecule has 0 saturated heterocycles. The monoisotopic (exact) mass is 330 g/mol. The summed E-state index contributed by atoms with van der Waals surface area (Å²) in [5.41, 5.74) is 0.500. The van der Waals surface area contributed by atoms with Gasteiger partial charge in [-0.05, 0) is 17.7 Å². The fourth-order valence-electron chi connectivity index (χ4n) is 1.99. The maximum atomic E-state index is 12.9. The number of aryl methyl sites for hydroxylation is 1. The van der Waals surface area contributed by atoms with Crippen molar-refractivity contribution < 1.29 is 22.4 Å². The number of aromatic nitrogens is 2. The predicted octanol–water partition coefficient (Wildman–Crippen LogP) is 3.37. The van der Waals surface area contributed by atoms with Gasteiger partial charge >= 0.3 is 12.2 Å². The number of alkyl halides is 3. The lowest BCUT2D eigenvalue weighted by Crippen LogP contribution is -2.35. The van der Waals surface area contributed by atoms with E-state index in [-0.39, 0.29) is 5.56 Å². The second kappa shape index (κ2) is 6.67. The maximum absolute atomic E-state index is 12.9. The van der Waals surface area contributed by atoms with Crippen molar-refractivity contribution in [3.63, 3.8) is 0 Å². The SMILES string of the molecule is Cn1cc(NC(=O)NC(CC(F)(F)F)c2ccc(F)cc2)cn1. The van der Waals surface area contributed by atoms with Crippen LogP contribution in [0.25, 0.3) is 0 Å². The molecule has 1 atom stereocenters. The van der Waals surface area contributed by atoms with Gasteiger partial charge in [-0.25, -0.2) is 9.18 Å². The molecule has 1 aromatic heterocycles. The average molecular weight is 330 g/mol. The number of halogens is 4. The van der Waals surface area contributed by atoms with Gasteiger partial charge < -0.3 is 10.6 Å². The molecular formula is C14H14F4N4O. The van der Waals surface area contributed by atoms with Crippen molar-refractivity contribution in [2.75, 3.05) is 5.32 Å². The van der Waals surface area contributed by atoms with E-state index in [9.17, 15) is 22.4 Å². The second-order valence-electron chi connectivity index (χ2n) is 4.92. The number of nitrogens with zero attached hydrogens (tertiary/aromatic N) is 2. The minimum absolute atomic E-state index is 0.157. The molecule has 0 aliphatic rings. The molecule has 0 saturated carbocycles. The molecule has 1 aromatic carbocycles. The first kappa shape index (κ1) is 16.8. The highest BCUT2D eigenvalue weighted by Gasteiger charge is 2.33. The maximum Gasteiger partial charge on any atom is 0.391 e. The van der Waals surface area contributed by atoms with Gasteiger partial charge in [0, 0.05) is 13.2 Å². The van der Waals surface area contributed by atoms with E-state index >= 15 is 0 Å². The Kier molecular flexibility index (Phi) is 4.87. The third-order valence-corrected chi connectivity index (χ3v) is 2.98. The van der Waals surface area contributed by atoms with Crippen molar-refractivity contribution in [3.8, 4) is 0 Å². The zero-order valence-electron chi connectivity index (χ0n) is 12.1. The minimum Gasteiger partial charge on any atom is -0.331 e. The van der Waals surface area contributed by atoms with Crippen LogP contribution in [-0.2, 0) is 7.05 Å². The van der Waals surface area contributed by atoms with Crippen LogP contribution in [0.5, 0.6) is 0 Å². The predicted molar refractivity (Wildman–Crippen MR) is 75.2 cm³/mol. The summed E-state index contributed by atoms with van der Waals surface area (Å²) >= 11 is 0. The van der Waals surface area contributed by atoms with Crippen LogP contribution in [0.1, 0.15) is 18.0 Å².